The normalized spacial score (nSPS) is 10.1. The van der Waals surface area contributed by atoms with Crippen LogP contribution in [0.1, 0.15) is 49.3 Å². The summed E-state index contributed by atoms with van der Waals surface area (Å²) in [5.74, 6) is 0.318. The van der Waals surface area contributed by atoms with Gasteiger partial charge in [0, 0.05) is 5.56 Å². The lowest BCUT2D eigenvalue weighted by atomic mass is 10.1. The Bertz CT molecular complexity index is 608. The van der Waals surface area contributed by atoms with Gasteiger partial charge in [0.15, 0.2) is 5.82 Å². The average molecular weight is 345 g/mol. The first-order valence-corrected chi connectivity index (χ1v) is 10.4. The second kappa shape index (κ2) is 10.9. The molecule has 1 aromatic carbocycles. The van der Waals surface area contributed by atoms with Gasteiger partial charge in [-0.25, -0.2) is 4.98 Å². The molecule has 0 aliphatic heterocycles. The lowest BCUT2D eigenvalue weighted by Crippen LogP contribution is -2.13. The molecule has 0 aliphatic rings. The van der Waals surface area contributed by atoms with Crippen LogP contribution in [0.2, 0.25) is 0 Å². The second-order valence-corrected chi connectivity index (χ2v) is 8.08. The molecular formula is C19H28N3OP. The summed E-state index contributed by atoms with van der Waals surface area (Å²) in [5.41, 5.74) is 2.77. The number of nitrogens with one attached hydrogen (secondary N) is 1. The molecule has 0 bridgehead atoms. The highest BCUT2D eigenvalue weighted by Gasteiger charge is 2.08. The molecular weight excluding hydrogens is 317 g/mol. The molecule has 0 saturated carbocycles. The maximum Gasteiger partial charge on any atom is 0.256 e. The molecule has 0 radical (unpaired) electrons. The van der Waals surface area contributed by atoms with Gasteiger partial charge in [0.25, 0.3) is 5.91 Å². The summed E-state index contributed by atoms with van der Waals surface area (Å²) in [4.78, 5) is 20.4. The molecule has 0 saturated heterocycles. The van der Waals surface area contributed by atoms with Gasteiger partial charge in [0.2, 0.25) is 0 Å². The minimum absolute atomic E-state index is 0.0808. The third-order valence-electron chi connectivity index (χ3n) is 3.54. The van der Waals surface area contributed by atoms with Gasteiger partial charge >= 0.3 is 0 Å². The number of hydrogen-bond acceptors (Lipinski definition) is 3. The molecule has 2 aromatic rings. The highest BCUT2D eigenvalue weighted by atomic mass is 31.1. The Hall–Kier alpha value is -1.80. The van der Waals surface area contributed by atoms with Crippen molar-refractivity contribution in [3.05, 3.63) is 53.5 Å². The third kappa shape index (κ3) is 6.37. The van der Waals surface area contributed by atoms with E-state index in [0.29, 0.717) is 11.4 Å². The summed E-state index contributed by atoms with van der Waals surface area (Å²) in [6.45, 7) is 10.4. The molecule has 0 fully saturated rings. The van der Waals surface area contributed by atoms with Crippen LogP contribution in [-0.2, 0) is 6.16 Å². The van der Waals surface area contributed by atoms with Crippen LogP contribution in [0, 0.1) is 6.92 Å². The SMILES string of the molecule is CC.CCP(CC)Cc1ccc(C(=O)Nc2cnc(C)cn2)cc1. The number of aryl methyl sites for hydroxylation is 1. The van der Waals surface area contributed by atoms with E-state index in [1.54, 1.807) is 12.4 Å². The van der Waals surface area contributed by atoms with E-state index in [-0.39, 0.29) is 13.8 Å². The molecule has 1 amide bonds. The van der Waals surface area contributed by atoms with Crippen molar-refractivity contribution in [3.63, 3.8) is 0 Å². The minimum atomic E-state index is -0.155. The number of carbonyl (C=O) groups excluding carboxylic acids is 1. The monoisotopic (exact) mass is 345 g/mol. The van der Waals surface area contributed by atoms with Crippen LogP contribution in [0.3, 0.4) is 0 Å². The van der Waals surface area contributed by atoms with Gasteiger partial charge in [0.05, 0.1) is 18.1 Å². The van der Waals surface area contributed by atoms with Crippen molar-refractivity contribution in [2.75, 3.05) is 17.6 Å². The molecule has 0 aliphatic carbocycles. The second-order valence-electron chi connectivity index (χ2n) is 5.16. The van der Waals surface area contributed by atoms with Crippen molar-refractivity contribution >= 4 is 19.6 Å². The van der Waals surface area contributed by atoms with E-state index < -0.39 is 0 Å². The van der Waals surface area contributed by atoms with Gasteiger partial charge in [-0.15, -0.1) is 7.92 Å². The van der Waals surface area contributed by atoms with E-state index in [9.17, 15) is 4.79 Å². The Labute approximate surface area is 146 Å². The van der Waals surface area contributed by atoms with Gasteiger partial charge < -0.3 is 5.32 Å². The van der Waals surface area contributed by atoms with Gasteiger partial charge in [-0.3, -0.25) is 9.78 Å². The van der Waals surface area contributed by atoms with E-state index >= 15 is 0 Å². The number of carbonyl (C=O) groups is 1. The number of aromatic nitrogens is 2. The highest BCUT2D eigenvalue weighted by Crippen LogP contribution is 2.38. The van der Waals surface area contributed by atoms with E-state index in [1.165, 1.54) is 17.9 Å². The first-order valence-electron chi connectivity index (χ1n) is 8.53. The fraction of sp³-hybridized carbons (Fsp3) is 0.421. The van der Waals surface area contributed by atoms with Crippen molar-refractivity contribution in [3.8, 4) is 0 Å². The first-order chi connectivity index (χ1) is 11.6. The van der Waals surface area contributed by atoms with Crippen LogP contribution in [-0.4, -0.2) is 28.2 Å². The Balaban J connectivity index is 0.00000139. The molecule has 24 heavy (non-hydrogen) atoms. The molecule has 1 aromatic heterocycles. The van der Waals surface area contributed by atoms with Crippen LogP contribution in [0.4, 0.5) is 5.82 Å². The zero-order chi connectivity index (χ0) is 17.9. The van der Waals surface area contributed by atoms with Crippen molar-refractivity contribution in [1.29, 1.82) is 0 Å². The van der Waals surface area contributed by atoms with Crippen LogP contribution in [0.15, 0.2) is 36.7 Å². The largest absolute Gasteiger partial charge is 0.305 e. The predicted molar refractivity (Wildman–Crippen MR) is 104 cm³/mol. The van der Waals surface area contributed by atoms with Gasteiger partial charge in [-0.05, 0) is 43.1 Å². The standard InChI is InChI=1S/C17H22N3OP.C2H6/c1-4-22(5-2)12-14-6-8-15(9-7-14)17(21)20-16-11-18-13(3)10-19-16;1-2/h6-11H,4-5,12H2,1-3H3,(H,19,20,21);1-2H3. The Morgan fingerprint density at radius 2 is 1.67 bits per heavy atom. The van der Waals surface area contributed by atoms with E-state index in [4.69, 9.17) is 0 Å². The highest BCUT2D eigenvalue weighted by molar-refractivity contribution is 7.56. The summed E-state index contributed by atoms with van der Waals surface area (Å²) in [5, 5.41) is 2.76. The molecule has 5 heteroatoms. The number of benzene rings is 1. The van der Waals surface area contributed by atoms with Crippen molar-refractivity contribution in [2.24, 2.45) is 0 Å². The Kier molecular flexibility index (Phi) is 9.18. The van der Waals surface area contributed by atoms with Crippen LogP contribution < -0.4 is 5.32 Å². The number of anilines is 1. The zero-order valence-electron chi connectivity index (χ0n) is 15.3. The minimum Gasteiger partial charge on any atom is -0.305 e. The summed E-state index contributed by atoms with van der Waals surface area (Å²) >= 11 is 0. The first kappa shape index (κ1) is 20.2. The molecule has 4 nitrogen and oxygen atoms in total. The lowest BCUT2D eigenvalue weighted by molar-refractivity contribution is 0.102. The Morgan fingerprint density at radius 3 is 2.17 bits per heavy atom. The van der Waals surface area contributed by atoms with Gasteiger partial charge in [-0.1, -0.05) is 39.8 Å². The van der Waals surface area contributed by atoms with Crippen molar-refractivity contribution in [2.45, 2.75) is 40.8 Å². The van der Waals surface area contributed by atoms with E-state index in [2.05, 4.69) is 41.3 Å². The molecule has 1 N–H and O–H groups in total. The molecule has 1 heterocycles. The smallest absolute Gasteiger partial charge is 0.256 e. The third-order valence-corrected chi connectivity index (χ3v) is 6.14. The number of amides is 1. The average Bonchev–Trinajstić information content (AvgIpc) is 2.63. The van der Waals surface area contributed by atoms with Crippen LogP contribution in [0.25, 0.3) is 0 Å². The summed E-state index contributed by atoms with van der Waals surface area (Å²) in [6.07, 6.45) is 6.84. The fourth-order valence-corrected chi connectivity index (χ4v) is 3.73. The quantitative estimate of drug-likeness (QED) is 0.742. The molecule has 0 spiro atoms. The number of rotatable bonds is 6. The maximum atomic E-state index is 12.2. The zero-order valence-corrected chi connectivity index (χ0v) is 16.2. The van der Waals surface area contributed by atoms with Gasteiger partial charge in [0.1, 0.15) is 0 Å². The maximum absolute atomic E-state index is 12.2. The molecule has 0 unspecified atom stereocenters. The topological polar surface area (TPSA) is 54.9 Å². The summed E-state index contributed by atoms with van der Waals surface area (Å²) < 4.78 is 0. The van der Waals surface area contributed by atoms with Crippen molar-refractivity contribution in [1.82, 2.24) is 9.97 Å². The fourth-order valence-electron chi connectivity index (χ4n) is 2.11. The predicted octanol–water partition coefficient (Wildman–Crippen LogP) is 5.09. The van der Waals surface area contributed by atoms with E-state index in [0.717, 1.165) is 11.9 Å². The van der Waals surface area contributed by atoms with Crippen molar-refractivity contribution < 1.29 is 4.79 Å². The van der Waals surface area contributed by atoms with Crippen LogP contribution >= 0.6 is 7.92 Å². The lowest BCUT2D eigenvalue weighted by Gasteiger charge is -2.13. The number of nitrogens with zero attached hydrogens (tertiary/aromatic N) is 2. The summed E-state index contributed by atoms with van der Waals surface area (Å²) in [6, 6.07) is 7.86. The molecule has 0 atom stereocenters. The molecule has 2 rings (SSSR count). The Morgan fingerprint density at radius 1 is 1.04 bits per heavy atom. The molecule has 130 valence electrons. The summed E-state index contributed by atoms with van der Waals surface area (Å²) in [7, 11) is 0.0808. The van der Waals surface area contributed by atoms with Gasteiger partial charge in [-0.2, -0.15) is 0 Å². The van der Waals surface area contributed by atoms with E-state index in [1.807, 2.05) is 32.9 Å². The number of hydrogen-bond donors (Lipinski definition) is 1. The van der Waals surface area contributed by atoms with Crippen LogP contribution in [0.5, 0.6) is 0 Å².